The lowest BCUT2D eigenvalue weighted by molar-refractivity contribution is -0.121. The largest absolute Gasteiger partial charge is 0.497 e. The molecule has 0 radical (unpaired) electrons. The van der Waals surface area contributed by atoms with Crippen LogP contribution in [0, 0.1) is 6.92 Å². The maximum atomic E-state index is 13.6. The van der Waals surface area contributed by atoms with Gasteiger partial charge < -0.3 is 19.1 Å². The normalized spacial score (nSPS) is 17.0. The van der Waals surface area contributed by atoms with Crippen molar-refractivity contribution in [3.8, 4) is 11.5 Å². The van der Waals surface area contributed by atoms with Gasteiger partial charge in [-0.3, -0.25) is 9.59 Å². The summed E-state index contributed by atoms with van der Waals surface area (Å²) in [7, 11) is 3.11. The van der Waals surface area contributed by atoms with E-state index in [0.29, 0.717) is 60.3 Å². The second-order valence-electron chi connectivity index (χ2n) is 7.17. The summed E-state index contributed by atoms with van der Waals surface area (Å²) in [5.41, 5.74) is 2.83. The molecule has 156 valence electrons. The highest BCUT2D eigenvalue weighted by molar-refractivity contribution is 6.45. The quantitative estimate of drug-likeness (QED) is 0.709. The second kappa shape index (κ2) is 8.20. The van der Waals surface area contributed by atoms with Crippen LogP contribution in [-0.4, -0.2) is 57.2 Å². The molecule has 0 spiro atoms. The number of anilines is 1. The van der Waals surface area contributed by atoms with Gasteiger partial charge in [0.05, 0.1) is 38.7 Å². The summed E-state index contributed by atoms with van der Waals surface area (Å²) in [6.07, 6.45) is 0. The summed E-state index contributed by atoms with van der Waals surface area (Å²) in [5, 5.41) is 0. The number of carbonyl (C=O) groups excluding carboxylic acids is 2. The van der Waals surface area contributed by atoms with Gasteiger partial charge in [-0.15, -0.1) is 0 Å². The van der Waals surface area contributed by atoms with E-state index >= 15 is 0 Å². The lowest BCUT2D eigenvalue weighted by Crippen LogP contribution is -2.40. The summed E-state index contributed by atoms with van der Waals surface area (Å²) in [4.78, 5) is 30.3. The molecule has 0 saturated carbocycles. The first-order valence-electron chi connectivity index (χ1n) is 9.80. The zero-order valence-electron chi connectivity index (χ0n) is 17.3. The maximum Gasteiger partial charge on any atom is 0.282 e. The highest BCUT2D eigenvalue weighted by Gasteiger charge is 2.43. The van der Waals surface area contributed by atoms with Gasteiger partial charge in [0.25, 0.3) is 11.8 Å². The van der Waals surface area contributed by atoms with E-state index in [4.69, 9.17) is 14.2 Å². The van der Waals surface area contributed by atoms with Crippen molar-refractivity contribution in [2.75, 3.05) is 45.4 Å². The van der Waals surface area contributed by atoms with E-state index in [1.165, 1.54) is 12.0 Å². The summed E-state index contributed by atoms with van der Waals surface area (Å²) in [6, 6.07) is 12.6. The molecule has 4 rings (SSSR count). The molecule has 0 unspecified atom stereocenters. The molecule has 0 aromatic heterocycles. The molecule has 0 bridgehead atoms. The van der Waals surface area contributed by atoms with Crippen LogP contribution in [0.15, 0.2) is 48.2 Å². The molecule has 0 aliphatic carbocycles. The van der Waals surface area contributed by atoms with E-state index in [-0.39, 0.29) is 11.8 Å². The Morgan fingerprint density at radius 1 is 0.900 bits per heavy atom. The Hall–Kier alpha value is -3.32. The third-order valence-electron chi connectivity index (χ3n) is 5.34. The van der Waals surface area contributed by atoms with E-state index in [1.54, 1.807) is 43.5 Å². The number of imide groups is 1. The number of benzene rings is 2. The van der Waals surface area contributed by atoms with Crippen molar-refractivity contribution in [3.63, 3.8) is 0 Å². The first-order valence-corrected chi connectivity index (χ1v) is 9.80. The number of carbonyl (C=O) groups is 2. The first kappa shape index (κ1) is 20.0. The molecule has 2 heterocycles. The lowest BCUT2D eigenvalue weighted by Gasteiger charge is -2.29. The van der Waals surface area contributed by atoms with Crippen molar-refractivity contribution in [2.24, 2.45) is 0 Å². The van der Waals surface area contributed by atoms with Crippen LogP contribution in [0.25, 0.3) is 5.57 Å². The van der Waals surface area contributed by atoms with Crippen LogP contribution in [0.3, 0.4) is 0 Å². The molecule has 7 nitrogen and oxygen atoms in total. The molecule has 2 aliphatic rings. The van der Waals surface area contributed by atoms with Crippen molar-refractivity contribution in [1.82, 2.24) is 4.90 Å². The number of rotatable bonds is 5. The number of morpholine rings is 1. The van der Waals surface area contributed by atoms with E-state index in [0.717, 1.165) is 5.56 Å². The molecule has 2 aromatic carbocycles. The molecule has 0 N–H and O–H groups in total. The minimum atomic E-state index is -0.365. The third-order valence-corrected chi connectivity index (χ3v) is 5.34. The molecule has 30 heavy (non-hydrogen) atoms. The molecule has 2 aliphatic heterocycles. The Bertz CT molecular complexity index is 1010. The van der Waals surface area contributed by atoms with E-state index in [9.17, 15) is 9.59 Å². The molecular formula is C23H24N2O5. The predicted molar refractivity (Wildman–Crippen MR) is 113 cm³/mol. The van der Waals surface area contributed by atoms with Crippen molar-refractivity contribution in [2.45, 2.75) is 6.92 Å². The molecular weight excluding hydrogens is 384 g/mol. The Morgan fingerprint density at radius 3 is 2.23 bits per heavy atom. The lowest BCUT2D eigenvalue weighted by atomic mass is 10.0. The van der Waals surface area contributed by atoms with E-state index in [1.807, 2.05) is 17.9 Å². The second-order valence-corrected chi connectivity index (χ2v) is 7.17. The third kappa shape index (κ3) is 3.41. The zero-order valence-corrected chi connectivity index (χ0v) is 17.3. The fourth-order valence-electron chi connectivity index (χ4n) is 3.81. The van der Waals surface area contributed by atoms with Gasteiger partial charge in [-0.1, -0.05) is 18.2 Å². The molecule has 0 atom stereocenters. The van der Waals surface area contributed by atoms with Gasteiger partial charge in [0.15, 0.2) is 0 Å². The number of ether oxygens (including phenoxy) is 3. The standard InChI is InChI=1S/C23H24N2O5/c1-15-4-9-19(29-3)18(14-15)25-22(26)20(16-5-7-17(28-2)8-6-16)21(23(25)27)24-10-12-30-13-11-24/h4-9,14H,10-13H2,1-3H3. The Balaban J connectivity index is 1.84. The first-order chi connectivity index (χ1) is 14.5. The summed E-state index contributed by atoms with van der Waals surface area (Å²) in [5.74, 6) is 0.438. The topological polar surface area (TPSA) is 68.3 Å². The highest BCUT2D eigenvalue weighted by Crippen LogP contribution is 2.39. The maximum absolute atomic E-state index is 13.6. The van der Waals surface area contributed by atoms with Gasteiger partial charge in [0.1, 0.15) is 17.2 Å². The minimum Gasteiger partial charge on any atom is -0.497 e. The number of aryl methyl sites for hydroxylation is 1. The van der Waals surface area contributed by atoms with Crippen molar-refractivity contribution in [1.29, 1.82) is 0 Å². The fraction of sp³-hybridized carbons (Fsp3) is 0.304. The van der Waals surface area contributed by atoms with Crippen LogP contribution in [-0.2, 0) is 14.3 Å². The zero-order chi connectivity index (χ0) is 21.3. The molecule has 2 amide bonds. The van der Waals surface area contributed by atoms with E-state index < -0.39 is 0 Å². The van der Waals surface area contributed by atoms with Gasteiger partial charge in [0, 0.05) is 13.1 Å². The molecule has 1 fully saturated rings. The Morgan fingerprint density at radius 2 is 1.60 bits per heavy atom. The van der Waals surface area contributed by atoms with Crippen LogP contribution < -0.4 is 14.4 Å². The van der Waals surface area contributed by atoms with Crippen LogP contribution in [0.1, 0.15) is 11.1 Å². The van der Waals surface area contributed by atoms with Gasteiger partial charge in [-0.2, -0.15) is 0 Å². The number of hydrogen-bond acceptors (Lipinski definition) is 6. The number of amides is 2. The van der Waals surface area contributed by atoms with Gasteiger partial charge in [-0.05, 0) is 42.3 Å². The fourth-order valence-corrected chi connectivity index (χ4v) is 3.81. The van der Waals surface area contributed by atoms with Gasteiger partial charge in [-0.25, -0.2) is 4.90 Å². The van der Waals surface area contributed by atoms with E-state index in [2.05, 4.69) is 0 Å². The summed E-state index contributed by atoms with van der Waals surface area (Å²) >= 11 is 0. The van der Waals surface area contributed by atoms with Crippen LogP contribution in [0.2, 0.25) is 0 Å². The average molecular weight is 408 g/mol. The smallest absolute Gasteiger partial charge is 0.282 e. The van der Waals surface area contributed by atoms with Gasteiger partial charge >= 0.3 is 0 Å². The van der Waals surface area contributed by atoms with Crippen molar-refractivity contribution >= 4 is 23.1 Å². The monoisotopic (exact) mass is 408 g/mol. The molecule has 7 heteroatoms. The van der Waals surface area contributed by atoms with Crippen LogP contribution in [0.4, 0.5) is 5.69 Å². The number of hydrogen-bond donors (Lipinski definition) is 0. The minimum absolute atomic E-state index is 0.350. The average Bonchev–Trinajstić information content (AvgIpc) is 3.04. The SMILES string of the molecule is COc1ccc(C2=C(N3CCOCC3)C(=O)N(c3cc(C)ccc3OC)C2=O)cc1. The van der Waals surface area contributed by atoms with Crippen molar-refractivity contribution in [3.05, 3.63) is 59.3 Å². The summed E-state index contributed by atoms with van der Waals surface area (Å²) in [6.45, 7) is 4.03. The molecule has 1 saturated heterocycles. The highest BCUT2D eigenvalue weighted by atomic mass is 16.5. The predicted octanol–water partition coefficient (Wildman–Crippen LogP) is 2.63. The Labute approximate surface area is 175 Å². The van der Waals surface area contributed by atoms with Gasteiger partial charge in [0.2, 0.25) is 0 Å². The Kier molecular flexibility index (Phi) is 5.46. The van der Waals surface area contributed by atoms with Crippen LogP contribution >= 0.6 is 0 Å². The number of methoxy groups -OCH3 is 2. The molecule has 2 aromatic rings. The number of nitrogens with zero attached hydrogens (tertiary/aromatic N) is 2. The van der Waals surface area contributed by atoms with Crippen LogP contribution in [0.5, 0.6) is 11.5 Å². The summed E-state index contributed by atoms with van der Waals surface area (Å²) < 4.78 is 16.1. The van der Waals surface area contributed by atoms with Crippen molar-refractivity contribution < 1.29 is 23.8 Å².